The van der Waals surface area contributed by atoms with E-state index in [-0.39, 0.29) is 11.8 Å². The molecule has 0 fully saturated rings. The number of carbonyl (C=O) groups excluding carboxylic acids is 1. The summed E-state index contributed by atoms with van der Waals surface area (Å²) in [6.45, 7) is 3.40. The Morgan fingerprint density at radius 2 is 2.18 bits per heavy atom. The van der Waals surface area contributed by atoms with Crippen molar-refractivity contribution in [2.75, 3.05) is 5.32 Å². The van der Waals surface area contributed by atoms with Crippen molar-refractivity contribution >= 4 is 11.9 Å². The van der Waals surface area contributed by atoms with E-state index in [4.69, 9.17) is 4.52 Å². The molecule has 17 heavy (non-hydrogen) atoms. The topological polar surface area (TPSA) is 88.2 Å². The number of aromatic hydroxyl groups is 1. The second-order valence-electron chi connectivity index (χ2n) is 3.60. The predicted octanol–water partition coefficient (Wildman–Crippen LogP) is 1.64. The van der Waals surface area contributed by atoms with Crippen molar-refractivity contribution in [1.82, 2.24) is 10.1 Å². The van der Waals surface area contributed by atoms with Crippen LogP contribution < -0.4 is 5.32 Å². The van der Waals surface area contributed by atoms with E-state index in [1.165, 1.54) is 6.07 Å². The maximum Gasteiger partial charge on any atom is 0.328 e. The summed E-state index contributed by atoms with van der Waals surface area (Å²) < 4.78 is 4.75. The van der Waals surface area contributed by atoms with Gasteiger partial charge < -0.3 is 9.63 Å². The number of carbonyl (C=O) groups is 1. The van der Waals surface area contributed by atoms with E-state index in [0.29, 0.717) is 17.0 Å². The molecule has 88 valence electrons. The highest BCUT2D eigenvalue weighted by molar-refractivity contribution is 6.03. The van der Waals surface area contributed by atoms with Crippen LogP contribution in [0.5, 0.6) is 5.75 Å². The lowest BCUT2D eigenvalue weighted by molar-refractivity contribution is 0.102. The smallest absolute Gasteiger partial charge is 0.328 e. The maximum absolute atomic E-state index is 11.7. The summed E-state index contributed by atoms with van der Waals surface area (Å²) in [6, 6.07) is 4.68. The van der Waals surface area contributed by atoms with Crippen LogP contribution in [0.4, 0.5) is 6.01 Å². The number of rotatable bonds is 2. The van der Waals surface area contributed by atoms with Crippen molar-refractivity contribution in [3.8, 4) is 5.75 Å². The number of anilines is 1. The van der Waals surface area contributed by atoms with Gasteiger partial charge in [0.2, 0.25) is 0 Å². The predicted molar refractivity (Wildman–Crippen MR) is 59.8 cm³/mol. The van der Waals surface area contributed by atoms with Crippen molar-refractivity contribution in [3.63, 3.8) is 0 Å². The molecule has 2 rings (SSSR count). The van der Waals surface area contributed by atoms with Gasteiger partial charge in [0.15, 0.2) is 5.82 Å². The van der Waals surface area contributed by atoms with Gasteiger partial charge in [0, 0.05) is 5.56 Å². The normalized spacial score (nSPS) is 10.2. The minimum atomic E-state index is -0.413. The molecule has 0 saturated carbocycles. The largest absolute Gasteiger partial charge is 0.508 e. The lowest BCUT2D eigenvalue weighted by Crippen LogP contribution is -2.12. The summed E-state index contributed by atoms with van der Waals surface area (Å²) in [5.74, 6) is 0.0929. The zero-order chi connectivity index (χ0) is 12.4. The molecule has 0 radical (unpaired) electrons. The van der Waals surface area contributed by atoms with Gasteiger partial charge in [0.1, 0.15) is 5.75 Å². The highest BCUT2D eigenvalue weighted by Gasteiger charge is 2.11. The standard InChI is InChI=1S/C11H11N3O3/c1-6-3-4-8(5-9(6)15)10(16)13-11-12-7(2)14-17-11/h3-5,15H,1-2H3,(H,12,13,14,16). The van der Waals surface area contributed by atoms with Crippen LogP contribution in [0.2, 0.25) is 0 Å². The Kier molecular flexibility index (Phi) is 2.78. The summed E-state index contributed by atoms with van der Waals surface area (Å²) in [6.07, 6.45) is 0. The molecule has 0 aliphatic carbocycles. The lowest BCUT2D eigenvalue weighted by atomic mass is 10.1. The molecule has 6 nitrogen and oxygen atoms in total. The van der Waals surface area contributed by atoms with Crippen molar-refractivity contribution in [1.29, 1.82) is 0 Å². The zero-order valence-electron chi connectivity index (χ0n) is 9.39. The number of phenolic OH excluding ortho intramolecular Hbond substituents is 1. The zero-order valence-corrected chi connectivity index (χ0v) is 9.39. The average Bonchev–Trinajstić information content (AvgIpc) is 2.68. The third kappa shape index (κ3) is 2.41. The molecule has 2 aromatic rings. The molecule has 0 unspecified atom stereocenters. The van der Waals surface area contributed by atoms with Crippen LogP contribution in [0, 0.1) is 13.8 Å². The fraction of sp³-hybridized carbons (Fsp3) is 0.182. The van der Waals surface area contributed by atoms with Gasteiger partial charge in [-0.15, -0.1) is 0 Å². The van der Waals surface area contributed by atoms with Gasteiger partial charge in [-0.2, -0.15) is 4.98 Å². The maximum atomic E-state index is 11.7. The van der Waals surface area contributed by atoms with Crippen LogP contribution in [-0.2, 0) is 0 Å². The first-order valence-corrected chi connectivity index (χ1v) is 4.97. The van der Waals surface area contributed by atoms with E-state index in [2.05, 4.69) is 15.5 Å². The number of nitrogens with one attached hydrogen (secondary N) is 1. The third-order valence-corrected chi connectivity index (χ3v) is 2.22. The molecule has 1 aromatic carbocycles. The van der Waals surface area contributed by atoms with E-state index in [9.17, 15) is 9.90 Å². The summed E-state index contributed by atoms with van der Waals surface area (Å²) in [7, 11) is 0. The molecule has 2 N–H and O–H groups in total. The minimum Gasteiger partial charge on any atom is -0.508 e. The van der Waals surface area contributed by atoms with Crippen LogP contribution in [0.1, 0.15) is 21.7 Å². The summed E-state index contributed by atoms with van der Waals surface area (Å²) >= 11 is 0. The Bertz CT molecular complexity index is 563. The van der Waals surface area contributed by atoms with Crippen LogP contribution >= 0.6 is 0 Å². The summed E-state index contributed by atoms with van der Waals surface area (Å²) in [4.78, 5) is 15.6. The second kappa shape index (κ2) is 4.25. The van der Waals surface area contributed by atoms with Crippen molar-refractivity contribution in [2.24, 2.45) is 0 Å². The van der Waals surface area contributed by atoms with Gasteiger partial charge in [-0.05, 0) is 31.5 Å². The van der Waals surface area contributed by atoms with Gasteiger partial charge in [-0.3, -0.25) is 10.1 Å². The number of benzene rings is 1. The Balaban J connectivity index is 2.17. The van der Waals surface area contributed by atoms with E-state index in [0.717, 1.165) is 0 Å². The number of phenols is 1. The molecule has 0 aliphatic heterocycles. The highest BCUT2D eigenvalue weighted by atomic mass is 16.5. The molecular weight excluding hydrogens is 222 g/mol. The second-order valence-corrected chi connectivity index (χ2v) is 3.60. The molecule has 0 spiro atoms. The molecular formula is C11H11N3O3. The van der Waals surface area contributed by atoms with Gasteiger partial charge in [-0.1, -0.05) is 11.2 Å². The minimum absolute atomic E-state index is 0.0348. The molecule has 0 saturated heterocycles. The van der Waals surface area contributed by atoms with E-state index in [1.807, 2.05) is 0 Å². The molecule has 6 heteroatoms. The first-order chi connectivity index (χ1) is 8.06. The molecule has 0 aliphatic rings. The van der Waals surface area contributed by atoms with Crippen LogP contribution in [-0.4, -0.2) is 21.2 Å². The number of nitrogens with zero attached hydrogens (tertiary/aromatic N) is 2. The Hall–Kier alpha value is -2.37. The van der Waals surface area contributed by atoms with Crippen LogP contribution in [0.25, 0.3) is 0 Å². The molecule has 0 bridgehead atoms. The van der Waals surface area contributed by atoms with Crippen molar-refractivity contribution < 1.29 is 14.4 Å². The molecule has 0 atom stereocenters. The van der Waals surface area contributed by atoms with Crippen molar-refractivity contribution in [3.05, 3.63) is 35.2 Å². The van der Waals surface area contributed by atoms with E-state index in [1.54, 1.807) is 26.0 Å². The van der Waals surface area contributed by atoms with Crippen LogP contribution in [0.15, 0.2) is 22.7 Å². The number of hydrogen-bond acceptors (Lipinski definition) is 5. The number of amides is 1. The fourth-order valence-electron chi connectivity index (χ4n) is 1.27. The molecule has 1 heterocycles. The first kappa shape index (κ1) is 11.1. The van der Waals surface area contributed by atoms with Crippen molar-refractivity contribution in [2.45, 2.75) is 13.8 Å². The SMILES string of the molecule is Cc1noc(NC(=O)c2ccc(C)c(O)c2)n1. The Morgan fingerprint density at radius 3 is 2.76 bits per heavy atom. The first-order valence-electron chi connectivity index (χ1n) is 4.97. The fourth-order valence-corrected chi connectivity index (χ4v) is 1.27. The van der Waals surface area contributed by atoms with E-state index < -0.39 is 5.91 Å². The van der Waals surface area contributed by atoms with Gasteiger partial charge in [0.25, 0.3) is 5.91 Å². The monoisotopic (exact) mass is 233 g/mol. The third-order valence-electron chi connectivity index (χ3n) is 2.22. The highest BCUT2D eigenvalue weighted by Crippen LogP contribution is 2.18. The summed E-state index contributed by atoms with van der Waals surface area (Å²) in [5.41, 5.74) is 1.03. The van der Waals surface area contributed by atoms with Crippen LogP contribution in [0.3, 0.4) is 0 Å². The average molecular weight is 233 g/mol. The number of aromatic nitrogens is 2. The van der Waals surface area contributed by atoms with Gasteiger partial charge in [-0.25, -0.2) is 0 Å². The summed E-state index contributed by atoms with van der Waals surface area (Å²) in [5, 5.41) is 15.5. The molecule has 1 aromatic heterocycles. The number of aryl methyl sites for hydroxylation is 2. The lowest BCUT2D eigenvalue weighted by Gasteiger charge is -2.02. The number of hydrogen-bond donors (Lipinski definition) is 2. The quantitative estimate of drug-likeness (QED) is 0.823. The molecule has 1 amide bonds. The van der Waals surface area contributed by atoms with E-state index >= 15 is 0 Å². The Labute approximate surface area is 97.3 Å². The van der Waals surface area contributed by atoms with Gasteiger partial charge in [0.05, 0.1) is 0 Å². The van der Waals surface area contributed by atoms with Gasteiger partial charge >= 0.3 is 6.01 Å². The Morgan fingerprint density at radius 1 is 1.41 bits per heavy atom.